The number of benzene rings is 1. The van der Waals surface area contributed by atoms with Gasteiger partial charge in [-0.3, -0.25) is 4.79 Å². The van der Waals surface area contributed by atoms with E-state index < -0.39 is 0 Å². The van der Waals surface area contributed by atoms with Gasteiger partial charge in [-0.2, -0.15) is 0 Å². The van der Waals surface area contributed by atoms with Crippen molar-refractivity contribution >= 4 is 55.7 Å². The first-order chi connectivity index (χ1) is 12.1. The second-order valence-electron chi connectivity index (χ2n) is 6.32. The van der Waals surface area contributed by atoms with E-state index in [1.54, 1.807) is 0 Å². The van der Waals surface area contributed by atoms with Gasteiger partial charge in [0.1, 0.15) is 5.52 Å². The molecule has 1 aliphatic rings. The lowest BCUT2D eigenvalue weighted by Crippen LogP contribution is -2.33. The molecule has 0 bridgehead atoms. The number of hydrogen-bond acceptors (Lipinski definition) is 5. The van der Waals surface area contributed by atoms with E-state index in [1.807, 2.05) is 29.8 Å². The van der Waals surface area contributed by atoms with E-state index in [0.29, 0.717) is 17.0 Å². The summed E-state index contributed by atoms with van der Waals surface area (Å²) in [6, 6.07) is 6.39. The summed E-state index contributed by atoms with van der Waals surface area (Å²) in [6.07, 6.45) is 4.59. The number of carbonyl (C=O) groups excluding carboxylic acids is 1. The van der Waals surface area contributed by atoms with Crippen molar-refractivity contribution in [3.8, 4) is 0 Å². The average Bonchev–Trinajstić information content (AvgIpc) is 3.20. The number of thioether (sulfide) groups is 1. The maximum atomic E-state index is 12.1. The number of nitrogens with zero attached hydrogens (tertiary/aromatic N) is 4. The van der Waals surface area contributed by atoms with Gasteiger partial charge in [0.15, 0.2) is 5.65 Å². The van der Waals surface area contributed by atoms with Crippen molar-refractivity contribution in [2.45, 2.75) is 36.9 Å². The molecule has 8 heteroatoms. The van der Waals surface area contributed by atoms with E-state index in [4.69, 9.17) is 0 Å². The van der Waals surface area contributed by atoms with E-state index in [1.165, 1.54) is 24.6 Å². The summed E-state index contributed by atoms with van der Waals surface area (Å²) in [4.78, 5) is 16.7. The summed E-state index contributed by atoms with van der Waals surface area (Å²) in [6.45, 7) is 0. The summed E-state index contributed by atoms with van der Waals surface area (Å²) in [5.41, 5.74) is 2.61. The highest BCUT2D eigenvalue weighted by Gasteiger charge is 2.18. The number of amides is 1. The summed E-state index contributed by atoms with van der Waals surface area (Å²) in [5.74, 6) is 0.362. The van der Waals surface area contributed by atoms with Crippen LogP contribution in [0.4, 0.5) is 0 Å². The lowest BCUT2D eigenvalue weighted by Gasteiger charge is -2.10. The van der Waals surface area contributed by atoms with Gasteiger partial charge in [0.2, 0.25) is 11.1 Å². The first kappa shape index (κ1) is 16.8. The Bertz CT molecular complexity index is 951. The molecular weight excluding hydrogens is 402 g/mol. The minimum atomic E-state index is 0.0431. The summed E-state index contributed by atoms with van der Waals surface area (Å²) < 4.78 is 3.00. The molecule has 1 amide bonds. The van der Waals surface area contributed by atoms with Crippen molar-refractivity contribution in [3.63, 3.8) is 0 Å². The highest BCUT2D eigenvalue weighted by atomic mass is 79.9. The van der Waals surface area contributed by atoms with Gasteiger partial charge in [-0.15, -0.1) is 10.2 Å². The van der Waals surface area contributed by atoms with Gasteiger partial charge in [-0.1, -0.05) is 40.5 Å². The third kappa shape index (κ3) is 3.37. The smallest absolute Gasteiger partial charge is 0.230 e. The van der Waals surface area contributed by atoms with Crippen molar-refractivity contribution in [1.82, 2.24) is 25.1 Å². The first-order valence-corrected chi connectivity index (χ1v) is 10.1. The van der Waals surface area contributed by atoms with E-state index in [2.05, 4.69) is 36.4 Å². The van der Waals surface area contributed by atoms with Crippen LogP contribution in [0.5, 0.6) is 0 Å². The quantitative estimate of drug-likeness (QED) is 0.655. The van der Waals surface area contributed by atoms with Crippen LogP contribution in [0.2, 0.25) is 0 Å². The van der Waals surface area contributed by atoms with Crippen LogP contribution in [-0.4, -0.2) is 37.5 Å². The Hall–Kier alpha value is -1.67. The van der Waals surface area contributed by atoms with Gasteiger partial charge in [0, 0.05) is 22.9 Å². The maximum Gasteiger partial charge on any atom is 0.230 e. The minimum absolute atomic E-state index is 0.0431. The summed E-state index contributed by atoms with van der Waals surface area (Å²) in [7, 11) is 1.97. The van der Waals surface area contributed by atoms with E-state index >= 15 is 0 Å². The number of aryl methyl sites for hydroxylation is 1. The van der Waals surface area contributed by atoms with Gasteiger partial charge in [-0.05, 0) is 31.0 Å². The van der Waals surface area contributed by atoms with Crippen LogP contribution >= 0.6 is 27.7 Å². The molecule has 1 N–H and O–H groups in total. The van der Waals surface area contributed by atoms with Crippen molar-refractivity contribution in [2.24, 2.45) is 7.05 Å². The molecule has 2 aromatic heterocycles. The Morgan fingerprint density at radius 2 is 2.16 bits per heavy atom. The van der Waals surface area contributed by atoms with Gasteiger partial charge >= 0.3 is 0 Å². The van der Waals surface area contributed by atoms with Crippen molar-refractivity contribution in [2.75, 3.05) is 5.75 Å². The Morgan fingerprint density at radius 3 is 2.96 bits per heavy atom. The monoisotopic (exact) mass is 419 g/mol. The van der Waals surface area contributed by atoms with Crippen LogP contribution in [0.1, 0.15) is 25.7 Å². The summed E-state index contributed by atoms with van der Waals surface area (Å²) >= 11 is 4.82. The number of rotatable bonds is 4. The largest absolute Gasteiger partial charge is 0.353 e. The Kier molecular flexibility index (Phi) is 4.64. The molecule has 0 saturated heterocycles. The fraction of sp³-hybridized carbons (Fsp3) is 0.412. The maximum absolute atomic E-state index is 12.1. The number of hydrogen-bond donors (Lipinski definition) is 1. The van der Waals surface area contributed by atoms with Crippen LogP contribution in [0.3, 0.4) is 0 Å². The third-order valence-corrected chi connectivity index (χ3v) is 5.93. The SMILES string of the molecule is Cn1c2ccc(Br)cc2c2nnc(SCC(=O)NC3CCCC3)nc21. The average molecular weight is 420 g/mol. The molecule has 1 saturated carbocycles. The molecule has 25 heavy (non-hydrogen) atoms. The highest BCUT2D eigenvalue weighted by molar-refractivity contribution is 9.10. The molecule has 0 unspecified atom stereocenters. The second kappa shape index (κ2) is 6.92. The molecule has 0 atom stereocenters. The van der Waals surface area contributed by atoms with Crippen LogP contribution < -0.4 is 5.32 Å². The van der Waals surface area contributed by atoms with Gasteiger partial charge < -0.3 is 9.88 Å². The molecular formula is C17H18BrN5OS. The zero-order valence-corrected chi connectivity index (χ0v) is 16.2. The van der Waals surface area contributed by atoms with Crippen molar-refractivity contribution < 1.29 is 4.79 Å². The minimum Gasteiger partial charge on any atom is -0.353 e. The van der Waals surface area contributed by atoms with Crippen LogP contribution in [-0.2, 0) is 11.8 Å². The molecule has 1 aliphatic carbocycles. The molecule has 2 heterocycles. The van der Waals surface area contributed by atoms with E-state index in [9.17, 15) is 4.79 Å². The zero-order valence-electron chi connectivity index (χ0n) is 13.8. The number of carbonyl (C=O) groups is 1. The molecule has 6 nitrogen and oxygen atoms in total. The zero-order chi connectivity index (χ0) is 17.4. The van der Waals surface area contributed by atoms with Crippen LogP contribution in [0.15, 0.2) is 27.8 Å². The van der Waals surface area contributed by atoms with Gasteiger partial charge in [-0.25, -0.2) is 4.98 Å². The number of aromatic nitrogens is 4. The predicted molar refractivity (Wildman–Crippen MR) is 103 cm³/mol. The fourth-order valence-electron chi connectivity index (χ4n) is 3.35. The molecule has 1 aromatic carbocycles. The summed E-state index contributed by atoms with van der Waals surface area (Å²) in [5, 5.41) is 13.2. The molecule has 3 aromatic rings. The number of nitrogens with one attached hydrogen (secondary N) is 1. The van der Waals surface area contributed by atoms with Crippen molar-refractivity contribution in [3.05, 3.63) is 22.7 Å². The topological polar surface area (TPSA) is 72.7 Å². The highest BCUT2D eigenvalue weighted by Crippen LogP contribution is 2.28. The van der Waals surface area contributed by atoms with E-state index in [0.717, 1.165) is 39.4 Å². The standard InChI is InChI=1S/C17H18BrN5OS/c1-23-13-7-6-10(18)8-12(13)15-16(23)20-17(22-21-15)25-9-14(24)19-11-4-2-3-5-11/h6-8,11H,2-5,9H2,1H3,(H,19,24). The molecule has 0 spiro atoms. The van der Waals surface area contributed by atoms with Gasteiger partial charge in [0.25, 0.3) is 0 Å². The molecule has 130 valence electrons. The normalized spacial score (nSPS) is 15.3. The Labute approximate surface area is 157 Å². The van der Waals surface area contributed by atoms with E-state index in [-0.39, 0.29) is 5.91 Å². The molecule has 1 fully saturated rings. The Morgan fingerprint density at radius 1 is 1.36 bits per heavy atom. The molecule has 4 rings (SSSR count). The van der Waals surface area contributed by atoms with Crippen molar-refractivity contribution in [1.29, 1.82) is 0 Å². The number of halogens is 1. The number of fused-ring (bicyclic) bond motifs is 3. The third-order valence-electron chi connectivity index (χ3n) is 4.59. The van der Waals surface area contributed by atoms with Crippen LogP contribution in [0, 0.1) is 0 Å². The lowest BCUT2D eigenvalue weighted by molar-refractivity contribution is -0.119. The fourth-order valence-corrected chi connectivity index (χ4v) is 4.30. The molecule has 0 aliphatic heterocycles. The Balaban J connectivity index is 1.53. The second-order valence-corrected chi connectivity index (χ2v) is 8.18. The first-order valence-electron chi connectivity index (χ1n) is 8.32. The van der Waals surface area contributed by atoms with Gasteiger partial charge in [0.05, 0.1) is 11.3 Å². The predicted octanol–water partition coefficient (Wildman–Crippen LogP) is 3.43. The van der Waals surface area contributed by atoms with Crippen LogP contribution in [0.25, 0.3) is 22.1 Å². The lowest BCUT2D eigenvalue weighted by atomic mass is 10.2. The molecule has 0 radical (unpaired) electrons.